The summed E-state index contributed by atoms with van der Waals surface area (Å²) in [4.78, 5) is 9.97. The first-order valence-electron chi connectivity index (χ1n) is 12.5. The monoisotopic (exact) mass is 404 g/mol. The minimum Gasteiger partial charge on any atom is -0.356 e. The largest absolute Gasteiger partial charge is 0.356 e. The molecule has 2 unspecified atom stereocenters. The molecule has 4 heteroatoms. The molecule has 2 rings (SSSR count). The van der Waals surface area contributed by atoms with Crippen molar-refractivity contribution in [2.45, 2.75) is 110 Å². The SMILES string of the molecule is CCCCCCCCCN1C=CN(C)C1C1N(C)C=CN1CCCCCCCC. The summed E-state index contributed by atoms with van der Waals surface area (Å²) in [6.45, 7) is 6.93. The predicted molar refractivity (Wildman–Crippen MR) is 126 cm³/mol. The molecule has 168 valence electrons. The summed E-state index contributed by atoms with van der Waals surface area (Å²) < 4.78 is 0. The molecule has 0 aromatic heterocycles. The van der Waals surface area contributed by atoms with Crippen molar-refractivity contribution >= 4 is 0 Å². The molecule has 0 aromatic rings. The lowest BCUT2D eigenvalue weighted by Crippen LogP contribution is -2.56. The second kappa shape index (κ2) is 13.8. The molecule has 29 heavy (non-hydrogen) atoms. The standard InChI is InChI=1S/C25H48N4/c1-5-7-9-11-13-15-17-19-29-23-21-27(4)25(29)24-26(3)20-22-28(24)18-16-14-12-10-8-6-2/h20-25H,5-19H2,1-4H3. The van der Waals surface area contributed by atoms with E-state index in [1.807, 2.05) is 0 Å². The number of hydrogen-bond donors (Lipinski definition) is 0. The molecule has 4 nitrogen and oxygen atoms in total. The van der Waals surface area contributed by atoms with Crippen molar-refractivity contribution in [3.63, 3.8) is 0 Å². The maximum Gasteiger partial charge on any atom is 0.141 e. The maximum atomic E-state index is 2.58. The fourth-order valence-electron chi connectivity index (χ4n) is 4.71. The molecule has 0 fully saturated rings. The van der Waals surface area contributed by atoms with Gasteiger partial charge in [0.05, 0.1) is 0 Å². The molecule has 0 aliphatic carbocycles. The van der Waals surface area contributed by atoms with Gasteiger partial charge >= 0.3 is 0 Å². The first kappa shape index (κ1) is 24.0. The molecule has 2 atom stereocenters. The molecule has 2 aliphatic rings. The number of unbranched alkanes of at least 4 members (excludes halogenated alkanes) is 11. The molecule has 2 heterocycles. The Hall–Kier alpha value is -1.32. The van der Waals surface area contributed by atoms with Gasteiger partial charge in [-0.2, -0.15) is 0 Å². The Morgan fingerprint density at radius 2 is 0.828 bits per heavy atom. The van der Waals surface area contributed by atoms with E-state index in [4.69, 9.17) is 0 Å². The Balaban J connectivity index is 1.76. The van der Waals surface area contributed by atoms with Gasteiger partial charge in [0.2, 0.25) is 0 Å². The van der Waals surface area contributed by atoms with Gasteiger partial charge in [-0.05, 0) is 12.8 Å². The first-order chi connectivity index (χ1) is 14.2. The van der Waals surface area contributed by atoms with Crippen molar-refractivity contribution < 1.29 is 0 Å². The van der Waals surface area contributed by atoms with Crippen LogP contribution in [0.25, 0.3) is 0 Å². The van der Waals surface area contributed by atoms with Crippen LogP contribution in [0.4, 0.5) is 0 Å². The zero-order valence-corrected chi connectivity index (χ0v) is 19.9. The average Bonchev–Trinajstić information content (AvgIpc) is 3.25. The average molecular weight is 405 g/mol. The van der Waals surface area contributed by atoms with Gasteiger partial charge < -0.3 is 19.6 Å². The quantitative estimate of drug-likeness (QED) is 0.284. The molecular weight excluding hydrogens is 356 g/mol. The van der Waals surface area contributed by atoms with Gasteiger partial charge in [-0.1, -0.05) is 84.5 Å². The molecular formula is C25H48N4. The van der Waals surface area contributed by atoms with E-state index in [-0.39, 0.29) is 0 Å². The molecule has 2 aliphatic heterocycles. The van der Waals surface area contributed by atoms with Crippen molar-refractivity contribution in [2.24, 2.45) is 0 Å². The summed E-state index contributed by atoms with van der Waals surface area (Å²) in [6.07, 6.45) is 27.8. The lowest BCUT2D eigenvalue weighted by atomic mass is 10.1. The third kappa shape index (κ3) is 7.79. The van der Waals surface area contributed by atoms with Crippen LogP contribution < -0.4 is 0 Å². The van der Waals surface area contributed by atoms with E-state index in [0.29, 0.717) is 12.3 Å². The predicted octanol–water partition coefficient (Wildman–Crippen LogP) is 6.19. The molecule has 0 saturated heterocycles. The summed E-state index contributed by atoms with van der Waals surface area (Å²) in [6, 6.07) is 0. The number of likely N-dealkylation sites (N-methyl/N-ethyl adjacent to an activating group) is 2. The number of rotatable bonds is 16. The van der Waals surface area contributed by atoms with E-state index >= 15 is 0 Å². The Morgan fingerprint density at radius 3 is 1.21 bits per heavy atom. The highest BCUT2D eigenvalue weighted by Gasteiger charge is 2.38. The second-order valence-corrected chi connectivity index (χ2v) is 9.12. The summed E-state index contributed by atoms with van der Waals surface area (Å²) in [7, 11) is 4.47. The van der Waals surface area contributed by atoms with Crippen LogP contribution in [0.1, 0.15) is 97.3 Å². The van der Waals surface area contributed by atoms with Gasteiger partial charge in [-0.3, -0.25) is 0 Å². The normalized spacial score (nSPS) is 21.2. The lowest BCUT2D eigenvalue weighted by molar-refractivity contribution is 0.0228. The van der Waals surface area contributed by atoms with Crippen LogP contribution >= 0.6 is 0 Å². The molecule has 0 bridgehead atoms. The Kier molecular flexibility index (Phi) is 11.4. The molecule has 0 spiro atoms. The fourth-order valence-corrected chi connectivity index (χ4v) is 4.71. The molecule has 0 saturated carbocycles. The molecule has 0 aromatic carbocycles. The smallest absolute Gasteiger partial charge is 0.141 e. The zero-order chi connectivity index (χ0) is 20.9. The van der Waals surface area contributed by atoms with E-state index in [1.54, 1.807) is 0 Å². The van der Waals surface area contributed by atoms with Crippen LogP contribution in [-0.2, 0) is 0 Å². The zero-order valence-electron chi connectivity index (χ0n) is 19.9. The van der Waals surface area contributed by atoms with Crippen LogP contribution in [0, 0.1) is 0 Å². The van der Waals surface area contributed by atoms with E-state index in [2.05, 4.69) is 72.3 Å². The highest BCUT2D eigenvalue weighted by atomic mass is 15.5. The van der Waals surface area contributed by atoms with E-state index in [0.717, 1.165) is 0 Å². The van der Waals surface area contributed by atoms with Crippen LogP contribution in [0.3, 0.4) is 0 Å². The topological polar surface area (TPSA) is 13.0 Å². The Morgan fingerprint density at radius 1 is 0.483 bits per heavy atom. The van der Waals surface area contributed by atoms with Crippen molar-refractivity contribution in [3.05, 3.63) is 24.8 Å². The van der Waals surface area contributed by atoms with Gasteiger partial charge in [0.15, 0.2) is 0 Å². The molecule has 0 amide bonds. The minimum atomic E-state index is 0.412. The van der Waals surface area contributed by atoms with Crippen molar-refractivity contribution in [2.75, 3.05) is 27.2 Å². The summed E-state index contributed by atoms with van der Waals surface area (Å²) in [5.74, 6) is 0. The van der Waals surface area contributed by atoms with Crippen LogP contribution in [-0.4, -0.2) is 59.1 Å². The van der Waals surface area contributed by atoms with Crippen molar-refractivity contribution in [1.82, 2.24) is 19.6 Å². The molecule has 0 N–H and O–H groups in total. The Bertz CT molecular complexity index is 475. The van der Waals surface area contributed by atoms with E-state index in [9.17, 15) is 0 Å². The van der Waals surface area contributed by atoms with Crippen molar-refractivity contribution in [3.8, 4) is 0 Å². The third-order valence-electron chi connectivity index (χ3n) is 6.56. The van der Waals surface area contributed by atoms with Gasteiger partial charge in [0, 0.05) is 52.0 Å². The Labute approximate surface area is 181 Å². The van der Waals surface area contributed by atoms with Crippen molar-refractivity contribution in [1.29, 1.82) is 0 Å². The summed E-state index contributed by atoms with van der Waals surface area (Å²) >= 11 is 0. The third-order valence-corrected chi connectivity index (χ3v) is 6.56. The van der Waals surface area contributed by atoms with Gasteiger partial charge in [-0.15, -0.1) is 0 Å². The van der Waals surface area contributed by atoms with Crippen LogP contribution in [0.5, 0.6) is 0 Å². The van der Waals surface area contributed by atoms with Gasteiger partial charge in [0.1, 0.15) is 12.3 Å². The highest BCUT2D eigenvalue weighted by molar-refractivity contribution is 5.06. The van der Waals surface area contributed by atoms with Crippen LogP contribution in [0.2, 0.25) is 0 Å². The van der Waals surface area contributed by atoms with E-state index < -0.39 is 0 Å². The number of nitrogens with zero attached hydrogens (tertiary/aromatic N) is 4. The lowest BCUT2D eigenvalue weighted by Gasteiger charge is -2.42. The summed E-state index contributed by atoms with van der Waals surface area (Å²) in [5.41, 5.74) is 0. The number of hydrogen-bond acceptors (Lipinski definition) is 4. The maximum absolute atomic E-state index is 2.58. The fraction of sp³-hybridized carbons (Fsp3) is 0.840. The minimum absolute atomic E-state index is 0.412. The first-order valence-corrected chi connectivity index (χ1v) is 12.5. The van der Waals surface area contributed by atoms with Gasteiger partial charge in [0.25, 0.3) is 0 Å². The van der Waals surface area contributed by atoms with Crippen LogP contribution in [0.15, 0.2) is 24.8 Å². The van der Waals surface area contributed by atoms with Gasteiger partial charge in [-0.25, -0.2) is 0 Å². The molecule has 0 radical (unpaired) electrons. The highest BCUT2D eigenvalue weighted by Crippen LogP contribution is 2.27. The summed E-state index contributed by atoms with van der Waals surface area (Å²) in [5, 5.41) is 0. The second-order valence-electron chi connectivity index (χ2n) is 9.12. The van der Waals surface area contributed by atoms with E-state index in [1.165, 1.54) is 96.6 Å².